The summed E-state index contributed by atoms with van der Waals surface area (Å²) in [7, 11) is 0. The number of piperazine rings is 1. The number of thiazole rings is 1. The largest absolute Gasteiger partial charge is 0.423 e. The molecule has 1 aliphatic heterocycles. The monoisotopic (exact) mass is 413 g/mol. The molecule has 3 aromatic rings. The molecule has 0 spiro atoms. The minimum atomic E-state index is -0.553. The predicted octanol–water partition coefficient (Wildman–Crippen LogP) is 2.15. The summed E-state index contributed by atoms with van der Waals surface area (Å²) in [4.78, 5) is 31.2. The molecule has 0 radical (unpaired) electrons. The molecule has 29 heavy (non-hydrogen) atoms. The third-order valence-corrected chi connectivity index (χ3v) is 6.19. The smallest absolute Gasteiger partial charge is 0.343 e. The molecule has 2 aromatic carbocycles. The zero-order valence-corrected chi connectivity index (χ0v) is 16.8. The number of nitro benzene ring substituents is 1. The molecule has 4 rings (SSSR count). The molecular formula is C20H21N4O4S+. The van der Waals surface area contributed by atoms with Gasteiger partial charge in [-0.25, -0.2) is 9.78 Å². The van der Waals surface area contributed by atoms with Crippen LogP contribution in [0.15, 0.2) is 42.5 Å². The van der Waals surface area contributed by atoms with Gasteiger partial charge in [0.1, 0.15) is 5.75 Å². The first-order chi connectivity index (χ1) is 14.0. The van der Waals surface area contributed by atoms with Crippen LogP contribution in [0.25, 0.3) is 10.2 Å². The molecule has 0 aliphatic carbocycles. The Balaban J connectivity index is 1.47. The Hall–Kier alpha value is -3.04. The zero-order valence-electron chi connectivity index (χ0n) is 16.0. The number of carbonyl (C=O) groups excluding carboxylic acids is 1. The van der Waals surface area contributed by atoms with Crippen molar-refractivity contribution in [3.8, 4) is 5.75 Å². The molecule has 0 amide bonds. The number of hydrogen-bond acceptors (Lipinski definition) is 7. The SMILES string of the molecule is CC[NH+]1CCN(c2nc3ccc(OC(=O)c4ccc([N+](=O)[O-])cc4)cc3s2)CC1. The second-order valence-electron chi connectivity index (χ2n) is 6.91. The topological polar surface area (TPSA) is 90.0 Å². The Morgan fingerprint density at radius 1 is 1.24 bits per heavy atom. The van der Waals surface area contributed by atoms with Gasteiger partial charge in [-0.3, -0.25) is 10.1 Å². The van der Waals surface area contributed by atoms with E-state index in [0.717, 1.165) is 48.1 Å². The summed E-state index contributed by atoms with van der Waals surface area (Å²) in [6.07, 6.45) is 0. The standard InChI is InChI=1S/C20H20N4O4S/c1-2-22-9-11-23(12-10-22)20-21-17-8-7-16(13-18(17)29-20)28-19(25)14-3-5-15(6-4-14)24(26)27/h3-8,13H,2,9-12H2,1H3/p+1. The second-order valence-corrected chi connectivity index (χ2v) is 7.92. The van der Waals surface area contributed by atoms with E-state index in [-0.39, 0.29) is 11.3 Å². The Kier molecular flexibility index (Phi) is 5.41. The number of nitrogens with zero attached hydrogens (tertiary/aromatic N) is 3. The van der Waals surface area contributed by atoms with Crippen molar-refractivity contribution in [1.29, 1.82) is 0 Å². The highest BCUT2D eigenvalue weighted by atomic mass is 32.1. The molecule has 8 nitrogen and oxygen atoms in total. The van der Waals surface area contributed by atoms with E-state index in [2.05, 4.69) is 11.8 Å². The first-order valence-corrected chi connectivity index (χ1v) is 10.3. The second kappa shape index (κ2) is 8.14. The van der Waals surface area contributed by atoms with Gasteiger partial charge in [0.25, 0.3) is 5.69 Å². The van der Waals surface area contributed by atoms with Crippen LogP contribution in [0.4, 0.5) is 10.8 Å². The Morgan fingerprint density at radius 2 is 1.97 bits per heavy atom. The minimum absolute atomic E-state index is 0.0680. The molecule has 1 aromatic heterocycles. The van der Waals surface area contributed by atoms with Gasteiger partial charge in [0.2, 0.25) is 0 Å². The number of non-ortho nitro benzene ring substituents is 1. The van der Waals surface area contributed by atoms with Crippen LogP contribution in [-0.4, -0.2) is 48.6 Å². The van der Waals surface area contributed by atoms with Crippen LogP contribution in [0.5, 0.6) is 5.75 Å². The van der Waals surface area contributed by atoms with Crippen molar-refractivity contribution in [3.05, 3.63) is 58.1 Å². The highest BCUT2D eigenvalue weighted by molar-refractivity contribution is 7.22. The minimum Gasteiger partial charge on any atom is -0.423 e. The van der Waals surface area contributed by atoms with Gasteiger partial charge >= 0.3 is 5.97 Å². The maximum Gasteiger partial charge on any atom is 0.343 e. The van der Waals surface area contributed by atoms with E-state index >= 15 is 0 Å². The third-order valence-electron chi connectivity index (χ3n) is 5.11. The number of benzene rings is 2. The number of rotatable bonds is 5. The zero-order chi connectivity index (χ0) is 20.4. The lowest BCUT2D eigenvalue weighted by molar-refractivity contribution is -0.898. The molecule has 0 saturated carbocycles. The van der Waals surface area contributed by atoms with Gasteiger partial charge in [-0.2, -0.15) is 0 Å². The lowest BCUT2D eigenvalue weighted by Crippen LogP contribution is -3.14. The lowest BCUT2D eigenvalue weighted by Gasteiger charge is -2.31. The van der Waals surface area contributed by atoms with Crippen LogP contribution < -0.4 is 14.5 Å². The fourth-order valence-electron chi connectivity index (χ4n) is 3.34. The van der Waals surface area contributed by atoms with E-state index in [0.29, 0.717) is 5.75 Å². The van der Waals surface area contributed by atoms with Gasteiger partial charge in [0.05, 0.1) is 53.4 Å². The first kappa shape index (κ1) is 19.3. The summed E-state index contributed by atoms with van der Waals surface area (Å²) >= 11 is 1.59. The van der Waals surface area contributed by atoms with Gasteiger partial charge in [0, 0.05) is 18.2 Å². The molecule has 1 saturated heterocycles. The number of esters is 1. The molecular weight excluding hydrogens is 392 g/mol. The van der Waals surface area contributed by atoms with E-state index < -0.39 is 10.9 Å². The van der Waals surface area contributed by atoms with Crippen molar-refractivity contribution in [1.82, 2.24) is 4.98 Å². The van der Waals surface area contributed by atoms with E-state index in [4.69, 9.17) is 9.72 Å². The molecule has 0 bridgehead atoms. The van der Waals surface area contributed by atoms with E-state index in [9.17, 15) is 14.9 Å². The average Bonchev–Trinajstić information content (AvgIpc) is 3.17. The summed E-state index contributed by atoms with van der Waals surface area (Å²) in [5, 5.41) is 11.7. The van der Waals surface area contributed by atoms with Gasteiger partial charge in [0.15, 0.2) is 5.13 Å². The molecule has 0 atom stereocenters. The number of hydrogen-bond donors (Lipinski definition) is 1. The number of carbonyl (C=O) groups is 1. The lowest BCUT2D eigenvalue weighted by atomic mass is 10.2. The highest BCUT2D eigenvalue weighted by Crippen LogP contribution is 2.31. The molecule has 1 aliphatic rings. The number of fused-ring (bicyclic) bond motifs is 1. The van der Waals surface area contributed by atoms with E-state index in [1.54, 1.807) is 22.3 Å². The van der Waals surface area contributed by atoms with Crippen molar-refractivity contribution in [2.75, 3.05) is 37.6 Å². The van der Waals surface area contributed by atoms with Crippen molar-refractivity contribution in [3.63, 3.8) is 0 Å². The van der Waals surface area contributed by atoms with E-state index in [1.807, 2.05) is 12.1 Å². The number of likely N-dealkylation sites (N-methyl/N-ethyl adjacent to an activating group) is 1. The van der Waals surface area contributed by atoms with Gasteiger partial charge in [-0.1, -0.05) is 11.3 Å². The summed E-state index contributed by atoms with van der Waals surface area (Å²) < 4.78 is 6.40. The quantitative estimate of drug-likeness (QED) is 0.298. The van der Waals surface area contributed by atoms with Crippen LogP contribution >= 0.6 is 11.3 Å². The van der Waals surface area contributed by atoms with Crippen LogP contribution in [-0.2, 0) is 0 Å². The van der Waals surface area contributed by atoms with Crippen LogP contribution in [0.3, 0.4) is 0 Å². The molecule has 2 heterocycles. The molecule has 9 heteroatoms. The maximum absolute atomic E-state index is 12.3. The Morgan fingerprint density at radius 3 is 2.62 bits per heavy atom. The number of nitrogens with one attached hydrogen (secondary N) is 1. The van der Waals surface area contributed by atoms with E-state index in [1.165, 1.54) is 24.3 Å². The predicted molar refractivity (Wildman–Crippen MR) is 111 cm³/mol. The average molecular weight is 413 g/mol. The Bertz CT molecular complexity index is 1040. The van der Waals surface area contributed by atoms with Crippen molar-refractivity contribution in [2.45, 2.75) is 6.92 Å². The van der Waals surface area contributed by atoms with Crippen LogP contribution in [0, 0.1) is 10.1 Å². The van der Waals surface area contributed by atoms with Gasteiger partial charge in [-0.15, -0.1) is 0 Å². The summed E-state index contributed by atoms with van der Waals surface area (Å²) in [5.41, 5.74) is 1.07. The number of ether oxygens (including phenoxy) is 1. The van der Waals surface area contributed by atoms with Crippen molar-refractivity contribution in [2.24, 2.45) is 0 Å². The normalized spacial score (nSPS) is 14.9. The molecule has 1 N–H and O–H groups in total. The fraction of sp³-hybridized carbons (Fsp3) is 0.300. The number of quaternary nitrogens is 1. The van der Waals surface area contributed by atoms with Crippen molar-refractivity contribution >= 4 is 38.3 Å². The number of nitro groups is 1. The summed E-state index contributed by atoms with van der Waals surface area (Å²) in [6.45, 7) is 7.57. The maximum atomic E-state index is 12.3. The van der Waals surface area contributed by atoms with Crippen molar-refractivity contribution < 1.29 is 19.4 Å². The number of anilines is 1. The van der Waals surface area contributed by atoms with Crippen LogP contribution in [0.1, 0.15) is 17.3 Å². The number of aromatic nitrogens is 1. The fourth-order valence-corrected chi connectivity index (χ4v) is 4.39. The molecule has 150 valence electrons. The third kappa shape index (κ3) is 4.20. The summed E-state index contributed by atoms with van der Waals surface area (Å²) in [5.74, 6) is -0.126. The Labute approximate surface area is 171 Å². The van der Waals surface area contributed by atoms with Crippen LogP contribution in [0.2, 0.25) is 0 Å². The first-order valence-electron chi connectivity index (χ1n) is 9.49. The van der Waals surface area contributed by atoms with Gasteiger partial charge in [-0.05, 0) is 31.2 Å². The molecule has 1 fully saturated rings. The van der Waals surface area contributed by atoms with Gasteiger partial charge < -0.3 is 14.5 Å². The highest BCUT2D eigenvalue weighted by Gasteiger charge is 2.21. The molecule has 0 unspecified atom stereocenters. The summed E-state index contributed by atoms with van der Waals surface area (Å²) in [6, 6.07) is 10.7.